The summed E-state index contributed by atoms with van der Waals surface area (Å²) >= 11 is 5.91. The van der Waals surface area contributed by atoms with Gasteiger partial charge in [-0.15, -0.1) is 5.10 Å². The van der Waals surface area contributed by atoms with Gasteiger partial charge in [0.15, 0.2) is 5.15 Å². The van der Waals surface area contributed by atoms with Gasteiger partial charge >= 0.3 is 5.97 Å². The highest BCUT2D eigenvalue weighted by Crippen LogP contribution is 2.24. The summed E-state index contributed by atoms with van der Waals surface area (Å²) in [6.45, 7) is 7.51. The van der Waals surface area contributed by atoms with Crippen molar-refractivity contribution < 1.29 is 14.7 Å². The fraction of sp³-hybridized carbons (Fsp3) is 0.333. The van der Waals surface area contributed by atoms with Crippen molar-refractivity contribution in [1.82, 2.24) is 19.9 Å². The van der Waals surface area contributed by atoms with Gasteiger partial charge in [0.2, 0.25) is 5.91 Å². The normalized spacial score (nSPS) is 12.5. The second-order valence-corrected chi connectivity index (χ2v) is 9.28. The van der Waals surface area contributed by atoms with E-state index in [1.54, 1.807) is 11.1 Å². The number of halogens is 1. The number of benzene rings is 2. The third-order valence-corrected chi connectivity index (χ3v) is 5.42. The Hall–Kier alpha value is -3.23. The van der Waals surface area contributed by atoms with Crippen molar-refractivity contribution in [2.45, 2.75) is 45.7 Å². The van der Waals surface area contributed by atoms with Crippen LogP contribution in [0.5, 0.6) is 0 Å². The molecule has 0 radical (unpaired) electrons. The number of carboxylic acid groups (broad SMARTS) is 1. The molecule has 33 heavy (non-hydrogen) atoms. The first-order valence-electron chi connectivity index (χ1n) is 10.6. The molecule has 2 aromatic carbocycles. The molecule has 2 N–H and O–H groups in total. The first-order chi connectivity index (χ1) is 15.5. The Kier molecular flexibility index (Phi) is 7.50. The first-order valence-corrected chi connectivity index (χ1v) is 10.9. The maximum absolute atomic E-state index is 13.1. The third-order valence-electron chi connectivity index (χ3n) is 5.25. The average molecular weight is 470 g/mol. The molecule has 0 saturated heterocycles. The number of rotatable bonds is 8. The second kappa shape index (κ2) is 10.1. The number of carbonyl (C=O) groups is 2. The summed E-state index contributed by atoms with van der Waals surface area (Å²) in [6, 6.07) is 14.1. The van der Waals surface area contributed by atoms with E-state index in [9.17, 15) is 14.7 Å². The SMILES string of the molecule is Cc1ccc(-n2cc(Cl)nn2)c(NC(=O)CN([C@@H](Cc2ccccc2)C(=O)O)C(C)(C)C)c1. The van der Waals surface area contributed by atoms with Crippen LogP contribution in [0.1, 0.15) is 31.9 Å². The van der Waals surface area contributed by atoms with Crippen LogP contribution in [0.4, 0.5) is 5.69 Å². The summed E-state index contributed by atoms with van der Waals surface area (Å²) < 4.78 is 1.48. The van der Waals surface area contributed by atoms with Gasteiger partial charge in [-0.25, -0.2) is 4.68 Å². The molecule has 1 amide bonds. The summed E-state index contributed by atoms with van der Waals surface area (Å²) in [5, 5.41) is 20.9. The Balaban J connectivity index is 1.85. The number of amides is 1. The molecule has 0 aliphatic heterocycles. The van der Waals surface area contributed by atoms with Crippen molar-refractivity contribution in [2.24, 2.45) is 0 Å². The standard InChI is InChI=1S/C24H28ClN5O3/c1-16-10-11-19(30-14-21(25)27-28-30)18(12-16)26-22(31)15-29(24(2,3)4)20(23(32)33)13-17-8-6-5-7-9-17/h5-12,14,20H,13,15H2,1-4H3,(H,26,31)(H,32,33)/t20-/m0/s1. The van der Waals surface area contributed by atoms with Gasteiger partial charge in [0.05, 0.1) is 24.1 Å². The average Bonchev–Trinajstić information content (AvgIpc) is 3.16. The molecule has 3 aromatic rings. The van der Waals surface area contributed by atoms with E-state index >= 15 is 0 Å². The lowest BCUT2D eigenvalue weighted by molar-refractivity contribution is -0.146. The lowest BCUT2D eigenvalue weighted by Gasteiger charge is -2.39. The molecule has 174 valence electrons. The molecule has 3 rings (SSSR count). The highest BCUT2D eigenvalue weighted by molar-refractivity contribution is 6.29. The van der Waals surface area contributed by atoms with E-state index in [1.165, 1.54) is 4.68 Å². The topological polar surface area (TPSA) is 100 Å². The molecule has 0 aliphatic rings. The molecule has 0 spiro atoms. The van der Waals surface area contributed by atoms with Crippen LogP contribution in [0.3, 0.4) is 0 Å². The summed E-state index contributed by atoms with van der Waals surface area (Å²) in [4.78, 5) is 27.1. The molecule has 8 nitrogen and oxygen atoms in total. The maximum atomic E-state index is 13.1. The van der Waals surface area contributed by atoms with Gasteiger partial charge < -0.3 is 10.4 Å². The summed E-state index contributed by atoms with van der Waals surface area (Å²) in [6.07, 6.45) is 1.83. The number of aromatic nitrogens is 3. The van der Waals surface area contributed by atoms with Gasteiger partial charge in [0.1, 0.15) is 6.04 Å². The zero-order valence-corrected chi connectivity index (χ0v) is 19.9. The van der Waals surface area contributed by atoms with E-state index in [4.69, 9.17) is 11.6 Å². The number of nitrogens with zero attached hydrogens (tertiary/aromatic N) is 4. The summed E-state index contributed by atoms with van der Waals surface area (Å²) in [5.41, 5.74) is 2.41. The lowest BCUT2D eigenvalue weighted by Crippen LogP contribution is -2.55. The highest BCUT2D eigenvalue weighted by Gasteiger charge is 2.35. The molecular formula is C24H28ClN5O3. The monoisotopic (exact) mass is 469 g/mol. The van der Waals surface area contributed by atoms with E-state index in [2.05, 4.69) is 15.6 Å². The van der Waals surface area contributed by atoms with Crippen molar-refractivity contribution in [3.05, 3.63) is 71.0 Å². The number of hydrogen-bond donors (Lipinski definition) is 2. The Labute approximate surface area is 198 Å². The Morgan fingerprint density at radius 1 is 1.18 bits per heavy atom. The first kappa shape index (κ1) is 24.4. The summed E-state index contributed by atoms with van der Waals surface area (Å²) in [7, 11) is 0. The van der Waals surface area contributed by atoms with Gasteiger partial charge in [-0.05, 0) is 57.4 Å². The van der Waals surface area contributed by atoms with E-state index < -0.39 is 17.6 Å². The van der Waals surface area contributed by atoms with Gasteiger partial charge in [0.25, 0.3) is 0 Å². The minimum atomic E-state index is -0.977. The van der Waals surface area contributed by atoms with Crippen LogP contribution in [0, 0.1) is 6.92 Å². The summed E-state index contributed by atoms with van der Waals surface area (Å²) in [5.74, 6) is -1.31. The molecule has 0 aliphatic carbocycles. The smallest absolute Gasteiger partial charge is 0.321 e. The quantitative estimate of drug-likeness (QED) is 0.518. The van der Waals surface area contributed by atoms with Crippen LogP contribution < -0.4 is 5.32 Å². The third kappa shape index (κ3) is 6.40. The van der Waals surface area contributed by atoms with Gasteiger partial charge in [-0.2, -0.15) is 0 Å². The lowest BCUT2D eigenvalue weighted by atomic mass is 9.97. The van der Waals surface area contributed by atoms with Crippen LogP contribution in [0.25, 0.3) is 5.69 Å². The molecule has 0 bridgehead atoms. The highest BCUT2D eigenvalue weighted by atomic mass is 35.5. The largest absolute Gasteiger partial charge is 0.480 e. The van der Waals surface area contributed by atoms with Gasteiger partial charge in [-0.1, -0.05) is 53.2 Å². The predicted molar refractivity (Wildman–Crippen MR) is 128 cm³/mol. The Bertz CT molecular complexity index is 1120. The molecule has 1 aromatic heterocycles. The molecule has 1 heterocycles. The number of hydrogen-bond acceptors (Lipinski definition) is 5. The Morgan fingerprint density at radius 2 is 1.88 bits per heavy atom. The predicted octanol–water partition coefficient (Wildman–Crippen LogP) is 3.96. The van der Waals surface area contributed by atoms with Crippen molar-refractivity contribution in [3.8, 4) is 5.69 Å². The number of aliphatic carboxylic acids is 1. The second-order valence-electron chi connectivity index (χ2n) is 8.90. The van der Waals surface area contributed by atoms with E-state index in [0.717, 1.165) is 11.1 Å². The number of nitrogens with one attached hydrogen (secondary N) is 1. The fourth-order valence-corrected chi connectivity index (χ4v) is 3.76. The van der Waals surface area contributed by atoms with E-state index in [1.807, 2.05) is 76.2 Å². The van der Waals surface area contributed by atoms with Gasteiger partial charge in [0, 0.05) is 5.54 Å². The molecule has 9 heteroatoms. The molecule has 0 saturated carbocycles. The van der Waals surface area contributed by atoms with Gasteiger partial charge in [-0.3, -0.25) is 14.5 Å². The molecule has 0 fully saturated rings. The molecular weight excluding hydrogens is 442 g/mol. The number of carboxylic acids is 1. The van der Waals surface area contributed by atoms with Crippen molar-refractivity contribution in [3.63, 3.8) is 0 Å². The van der Waals surface area contributed by atoms with Crippen molar-refractivity contribution >= 4 is 29.2 Å². The number of carbonyl (C=O) groups excluding carboxylic acids is 1. The Morgan fingerprint density at radius 3 is 2.45 bits per heavy atom. The van der Waals surface area contributed by atoms with Crippen LogP contribution >= 0.6 is 11.6 Å². The minimum absolute atomic E-state index is 0.0984. The van der Waals surface area contributed by atoms with Crippen molar-refractivity contribution in [1.29, 1.82) is 0 Å². The van der Waals surface area contributed by atoms with Crippen LogP contribution in [-0.2, 0) is 16.0 Å². The van der Waals surface area contributed by atoms with Crippen molar-refractivity contribution in [2.75, 3.05) is 11.9 Å². The zero-order chi connectivity index (χ0) is 24.2. The zero-order valence-electron chi connectivity index (χ0n) is 19.1. The van der Waals surface area contributed by atoms with Crippen LogP contribution in [0.15, 0.2) is 54.7 Å². The van der Waals surface area contributed by atoms with E-state index in [-0.39, 0.29) is 24.0 Å². The maximum Gasteiger partial charge on any atom is 0.321 e. The minimum Gasteiger partial charge on any atom is -0.480 e. The van der Waals surface area contributed by atoms with E-state index in [0.29, 0.717) is 11.4 Å². The van der Waals surface area contributed by atoms with Crippen LogP contribution in [-0.4, -0.2) is 55.0 Å². The van der Waals surface area contributed by atoms with Crippen LogP contribution in [0.2, 0.25) is 5.15 Å². The molecule has 1 atom stereocenters. The fourth-order valence-electron chi connectivity index (χ4n) is 3.64. The number of anilines is 1. The molecule has 0 unspecified atom stereocenters. The number of aryl methyl sites for hydroxylation is 1.